The first-order chi connectivity index (χ1) is 8.70. The number of hydrogen-bond donors (Lipinski definition) is 0. The third-order valence-corrected chi connectivity index (χ3v) is 4.39. The van der Waals surface area contributed by atoms with E-state index in [1.165, 1.54) is 0 Å². The summed E-state index contributed by atoms with van der Waals surface area (Å²) in [6.45, 7) is 2.01. The van der Waals surface area contributed by atoms with Crippen molar-refractivity contribution >= 4 is 31.5 Å². The fourth-order valence-corrected chi connectivity index (χ4v) is 3.28. The van der Waals surface area contributed by atoms with Gasteiger partial charge in [-0.3, -0.25) is 4.79 Å². The van der Waals surface area contributed by atoms with Crippen LogP contribution >= 0.6 is 11.3 Å². The molecule has 1 heterocycles. The van der Waals surface area contributed by atoms with Crippen LogP contribution in [0.3, 0.4) is 0 Å². The zero-order chi connectivity index (χ0) is 12.7. The average Bonchev–Trinajstić information content (AvgIpc) is 2.40. The van der Waals surface area contributed by atoms with Crippen molar-refractivity contribution in [3.63, 3.8) is 0 Å². The molecule has 0 aliphatic carbocycles. The highest BCUT2D eigenvalue weighted by molar-refractivity contribution is 7.24. The topological polar surface area (TPSA) is 26.3 Å². The number of rotatable bonds is 1. The first-order valence-corrected chi connectivity index (χ1v) is 6.52. The number of fused-ring (bicyclic) bond motifs is 2. The Morgan fingerprint density at radius 3 is 2.67 bits per heavy atom. The summed E-state index contributed by atoms with van der Waals surface area (Å²) >= 11 is 1.66. The zero-order valence-corrected chi connectivity index (χ0v) is 11.0. The minimum absolute atomic E-state index is 0.0846. The van der Waals surface area contributed by atoms with Gasteiger partial charge in [0.1, 0.15) is 5.75 Å². The maximum Gasteiger partial charge on any atom is 0.196 e. The van der Waals surface area contributed by atoms with Crippen molar-refractivity contribution in [1.29, 1.82) is 0 Å². The molecule has 3 heteroatoms. The Balaban J connectivity index is 2.56. The zero-order valence-electron chi connectivity index (χ0n) is 10.2. The molecule has 0 radical (unpaired) electrons. The summed E-state index contributed by atoms with van der Waals surface area (Å²) in [5, 5.41) is 1.53. The molecule has 3 rings (SSSR count). The van der Waals surface area contributed by atoms with Crippen LogP contribution in [-0.2, 0) is 0 Å². The molecule has 0 fully saturated rings. The Kier molecular flexibility index (Phi) is 2.56. The van der Waals surface area contributed by atoms with Crippen LogP contribution in [0.25, 0.3) is 20.2 Å². The minimum atomic E-state index is 0.0846. The summed E-state index contributed by atoms with van der Waals surface area (Å²) in [7, 11) is 1.62. The SMILES string of the molecule is COc1cc(C)c2sc3ccccc3c(=O)c2c1. The number of ether oxygens (including phenoxy) is 1. The molecule has 0 amide bonds. The van der Waals surface area contributed by atoms with Crippen LogP contribution in [-0.4, -0.2) is 7.11 Å². The third-order valence-electron chi connectivity index (χ3n) is 3.07. The van der Waals surface area contributed by atoms with Crippen LogP contribution in [0, 0.1) is 6.92 Å². The minimum Gasteiger partial charge on any atom is -0.497 e. The van der Waals surface area contributed by atoms with Crippen molar-refractivity contribution in [3.8, 4) is 5.75 Å². The number of aryl methyl sites for hydroxylation is 1. The second kappa shape index (κ2) is 4.10. The fourth-order valence-electron chi connectivity index (χ4n) is 2.16. The second-order valence-corrected chi connectivity index (χ2v) is 5.30. The molecule has 0 saturated heterocycles. The van der Waals surface area contributed by atoms with E-state index < -0.39 is 0 Å². The van der Waals surface area contributed by atoms with Crippen LogP contribution in [0.5, 0.6) is 5.75 Å². The highest BCUT2D eigenvalue weighted by Gasteiger charge is 2.09. The Morgan fingerprint density at radius 1 is 1.11 bits per heavy atom. The predicted octanol–water partition coefficient (Wildman–Crippen LogP) is 3.73. The van der Waals surface area contributed by atoms with Gasteiger partial charge in [0.15, 0.2) is 5.43 Å². The van der Waals surface area contributed by atoms with E-state index in [4.69, 9.17) is 4.74 Å². The van der Waals surface area contributed by atoms with Crippen LogP contribution < -0.4 is 10.2 Å². The first kappa shape index (κ1) is 11.2. The molecule has 0 N–H and O–H groups in total. The van der Waals surface area contributed by atoms with Crippen LogP contribution in [0.2, 0.25) is 0 Å². The quantitative estimate of drug-likeness (QED) is 0.620. The van der Waals surface area contributed by atoms with Gasteiger partial charge in [-0.05, 0) is 36.8 Å². The Hall–Kier alpha value is -1.87. The van der Waals surface area contributed by atoms with Gasteiger partial charge in [-0.25, -0.2) is 0 Å². The lowest BCUT2D eigenvalue weighted by atomic mass is 10.1. The molecule has 0 aliphatic rings. The second-order valence-electron chi connectivity index (χ2n) is 4.25. The van der Waals surface area contributed by atoms with E-state index in [1.807, 2.05) is 43.3 Å². The largest absolute Gasteiger partial charge is 0.497 e. The van der Waals surface area contributed by atoms with E-state index in [9.17, 15) is 4.79 Å². The van der Waals surface area contributed by atoms with Crippen molar-refractivity contribution in [1.82, 2.24) is 0 Å². The molecule has 2 nitrogen and oxygen atoms in total. The molecule has 1 aromatic heterocycles. The van der Waals surface area contributed by atoms with E-state index in [-0.39, 0.29) is 5.43 Å². The molecule has 0 bridgehead atoms. The summed E-state index contributed by atoms with van der Waals surface area (Å²) in [4.78, 5) is 12.5. The summed E-state index contributed by atoms with van der Waals surface area (Å²) in [6.07, 6.45) is 0. The van der Waals surface area contributed by atoms with E-state index >= 15 is 0 Å². The Bertz CT molecular complexity index is 803. The third kappa shape index (κ3) is 1.59. The normalized spacial score (nSPS) is 11.0. The van der Waals surface area contributed by atoms with Crippen molar-refractivity contribution < 1.29 is 4.74 Å². The van der Waals surface area contributed by atoms with Gasteiger partial charge in [0, 0.05) is 20.2 Å². The lowest BCUT2D eigenvalue weighted by Crippen LogP contribution is -2.02. The molecule has 0 atom stereocenters. The van der Waals surface area contributed by atoms with Gasteiger partial charge in [-0.1, -0.05) is 12.1 Å². The van der Waals surface area contributed by atoms with Crippen LogP contribution in [0.1, 0.15) is 5.56 Å². The molecular formula is C15H12O2S. The van der Waals surface area contributed by atoms with Crippen molar-refractivity contribution in [2.24, 2.45) is 0 Å². The molecule has 18 heavy (non-hydrogen) atoms. The van der Waals surface area contributed by atoms with Gasteiger partial charge in [0.2, 0.25) is 0 Å². The van der Waals surface area contributed by atoms with Crippen LogP contribution in [0.15, 0.2) is 41.2 Å². The average molecular weight is 256 g/mol. The summed E-state index contributed by atoms with van der Waals surface area (Å²) in [6, 6.07) is 11.5. The van der Waals surface area contributed by atoms with Gasteiger partial charge < -0.3 is 4.74 Å². The van der Waals surface area contributed by atoms with Gasteiger partial charge in [-0.2, -0.15) is 0 Å². The van der Waals surface area contributed by atoms with Crippen molar-refractivity contribution in [2.75, 3.05) is 7.11 Å². The highest BCUT2D eigenvalue weighted by Crippen LogP contribution is 2.30. The smallest absolute Gasteiger partial charge is 0.196 e. The van der Waals surface area contributed by atoms with E-state index in [0.717, 1.165) is 31.5 Å². The van der Waals surface area contributed by atoms with Crippen LogP contribution in [0.4, 0.5) is 0 Å². The number of methoxy groups -OCH3 is 1. The molecule has 0 saturated carbocycles. The predicted molar refractivity (Wildman–Crippen MR) is 76.9 cm³/mol. The van der Waals surface area contributed by atoms with Gasteiger partial charge in [0.05, 0.1) is 7.11 Å². The van der Waals surface area contributed by atoms with Crippen molar-refractivity contribution in [3.05, 3.63) is 52.2 Å². The lowest BCUT2D eigenvalue weighted by molar-refractivity contribution is 0.415. The molecule has 3 aromatic rings. The molecule has 90 valence electrons. The standard InChI is InChI=1S/C15H12O2S/c1-9-7-10(17-2)8-12-14(16)11-5-3-4-6-13(11)18-15(9)12/h3-8H,1-2H3. The summed E-state index contributed by atoms with van der Waals surface area (Å²) in [5.41, 5.74) is 1.17. The maximum absolute atomic E-state index is 12.5. The van der Waals surface area contributed by atoms with Crippen molar-refractivity contribution in [2.45, 2.75) is 6.92 Å². The van der Waals surface area contributed by atoms with E-state index in [0.29, 0.717) is 0 Å². The fraction of sp³-hybridized carbons (Fsp3) is 0.133. The summed E-state index contributed by atoms with van der Waals surface area (Å²) in [5.74, 6) is 0.736. The van der Waals surface area contributed by atoms with Gasteiger partial charge in [0.25, 0.3) is 0 Å². The highest BCUT2D eigenvalue weighted by atomic mass is 32.1. The molecule has 0 aliphatic heterocycles. The first-order valence-electron chi connectivity index (χ1n) is 5.71. The van der Waals surface area contributed by atoms with Gasteiger partial charge >= 0.3 is 0 Å². The Morgan fingerprint density at radius 2 is 1.89 bits per heavy atom. The number of benzene rings is 2. The van der Waals surface area contributed by atoms with E-state index in [2.05, 4.69) is 0 Å². The lowest BCUT2D eigenvalue weighted by Gasteiger charge is -2.06. The maximum atomic E-state index is 12.5. The Labute approximate surface area is 108 Å². The summed E-state index contributed by atoms with van der Waals surface area (Å²) < 4.78 is 7.31. The van der Waals surface area contributed by atoms with Gasteiger partial charge in [-0.15, -0.1) is 11.3 Å². The molecule has 0 spiro atoms. The molecule has 0 unspecified atom stereocenters. The van der Waals surface area contributed by atoms with E-state index in [1.54, 1.807) is 18.4 Å². The molecular weight excluding hydrogens is 244 g/mol. The monoisotopic (exact) mass is 256 g/mol. The molecule has 2 aromatic carbocycles. The number of hydrogen-bond acceptors (Lipinski definition) is 3.